The van der Waals surface area contributed by atoms with Crippen LogP contribution in [-0.2, 0) is 14.3 Å². The third kappa shape index (κ3) is 5.21. The number of hydrogen-bond donors (Lipinski definition) is 3. The van der Waals surface area contributed by atoms with Crippen LogP contribution in [0.1, 0.15) is 23.5 Å². The Labute approximate surface area is 208 Å². The van der Waals surface area contributed by atoms with Gasteiger partial charge in [0.25, 0.3) is 0 Å². The van der Waals surface area contributed by atoms with E-state index in [1.807, 2.05) is 48.5 Å². The van der Waals surface area contributed by atoms with Crippen molar-refractivity contribution in [1.82, 2.24) is 10.3 Å². The molecule has 10 heteroatoms. The van der Waals surface area contributed by atoms with Crippen LogP contribution in [0.4, 0.5) is 10.5 Å². The Kier molecular flexibility index (Phi) is 7.14. The van der Waals surface area contributed by atoms with Crippen molar-refractivity contribution < 1.29 is 24.2 Å². The normalized spacial score (nSPS) is 12.9. The molecule has 4 rings (SSSR count). The van der Waals surface area contributed by atoms with Gasteiger partial charge in [0, 0.05) is 12.1 Å². The summed E-state index contributed by atoms with van der Waals surface area (Å²) in [6.45, 7) is 0.0328. The first-order valence-corrected chi connectivity index (χ1v) is 11.5. The third-order valence-electron chi connectivity index (χ3n) is 5.39. The predicted octanol–water partition coefficient (Wildman–Crippen LogP) is 4.82. The molecule has 2 amide bonds. The smallest absolute Gasteiger partial charge is 0.407 e. The zero-order valence-electron chi connectivity index (χ0n) is 17.6. The van der Waals surface area contributed by atoms with Crippen molar-refractivity contribution >= 4 is 51.2 Å². The van der Waals surface area contributed by atoms with E-state index in [2.05, 4.69) is 31.5 Å². The Morgan fingerprint density at radius 1 is 1.09 bits per heavy atom. The van der Waals surface area contributed by atoms with Gasteiger partial charge >= 0.3 is 12.1 Å². The summed E-state index contributed by atoms with van der Waals surface area (Å²) in [4.78, 5) is 40.5. The van der Waals surface area contributed by atoms with E-state index in [1.165, 1.54) is 12.3 Å². The first kappa shape index (κ1) is 23.7. The lowest BCUT2D eigenvalue weighted by atomic mass is 9.98. The van der Waals surface area contributed by atoms with Crippen molar-refractivity contribution in [3.05, 3.63) is 81.5 Å². The molecule has 0 spiro atoms. The third-order valence-corrected chi connectivity index (χ3v) is 6.23. The largest absolute Gasteiger partial charge is 0.481 e. The highest BCUT2D eigenvalue weighted by molar-refractivity contribution is 9.10. The number of aliphatic carboxylic acids is 1. The zero-order valence-corrected chi connectivity index (χ0v) is 20.0. The van der Waals surface area contributed by atoms with Gasteiger partial charge in [-0.15, -0.1) is 0 Å². The van der Waals surface area contributed by atoms with Crippen LogP contribution < -0.4 is 10.6 Å². The second kappa shape index (κ2) is 10.2. The number of nitrogens with zero attached hydrogens (tertiary/aromatic N) is 1. The summed E-state index contributed by atoms with van der Waals surface area (Å²) < 4.78 is 5.74. The molecule has 1 atom stereocenters. The molecule has 0 fully saturated rings. The minimum atomic E-state index is -1.38. The van der Waals surface area contributed by atoms with Gasteiger partial charge in [-0.25, -0.2) is 9.78 Å². The summed E-state index contributed by atoms with van der Waals surface area (Å²) >= 11 is 9.09. The molecule has 174 valence electrons. The molecular weight excluding hydrogens is 526 g/mol. The second-order valence-corrected chi connectivity index (χ2v) is 8.79. The molecule has 8 nitrogen and oxygen atoms in total. The number of anilines is 1. The summed E-state index contributed by atoms with van der Waals surface area (Å²) in [7, 11) is 0. The van der Waals surface area contributed by atoms with Gasteiger partial charge in [0.05, 0.1) is 17.1 Å². The Morgan fingerprint density at radius 2 is 1.71 bits per heavy atom. The van der Waals surface area contributed by atoms with E-state index in [-0.39, 0.29) is 23.2 Å². The lowest BCUT2D eigenvalue weighted by Gasteiger charge is -2.19. The summed E-state index contributed by atoms with van der Waals surface area (Å²) in [5.41, 5.74) is 4.47. The van der Waals surface area contributed by atoms with Crippen molar-refractivity contribution in [2.24, 2.45) is 0 Å². The summed E-state index contributed by atoms with van der Waals surface area (Å²) in [6, 6.07) is 15.8. The van der Waals surface area contributed by atoms with Gasteiger partial charge in [-0.3, -0.25) is 9.59 Å². The maximum Gasteiger partial charge on any atom is 0.407 e. The van der Waals surface area contributed by atoms with Gasteiger partial charge < -0.3 is 20.5 Å². The number of fused-ring (bicyclic) bond motifs is 3. The van der Waals surface area contributed by atoms with Gasteiger partial charge in [-0.1, -0.05) is 60.1 Å². The number of carboxylic acid groups (broad SMARTS) is 1. The van der Waals surface area contributed by atoms with Crippen LogP contribution in [-0.4, -0.2) is 40.7 Å². The summed E-state index contributed by atoms with van der Waals surface area (Å²) in [5.74, 6) is -2.18. The first-order chi connectivity index (χ1) is 16.3. The molecule has 2 aromatic carbocycles. The minimum Gasteiger partial charge on any atom is -0.481 e. The molecule has 1 aliphatic carbocycles. The van der Waals surface area contributed by atoms with Crippen LogP contribution >= 0.6 is 27.5 Å². The number of ether oxygens (including phenoxy) is 1. The van der Waals surface area contributed by atoms with Crippen molar-refractivity contribution in [1.29, 1.82) is 0 Å². The highest BCUT2D eigenvalue weighted by Gasteiger charge is 2.30. The van der Waals surface area contributed by atoms with E-state index >= 15 is 0 Å². The number of carboxylic acids is 1. The van der Waals surface area contributed by atoms with Crippen LogP contribution in [0.3, 0.4) is 0 Å². The lowest BCUT2D eigenvalue weighted by molar-refractivity contribution is -0.139. The zero-order chi connectivity index (χ0) is 24.2. The Morgan fingerprint density at radius 3 is 2.32 bits per heavy atom. The number of rotatable bonds is 7. The number of pyridine rings is 1. The number of carbonyl (C=O) groups excluding carboxylic acids is 2. The average molecular weight is 545 g/mol. The summed E-state index contributed by atoms with van der Waals surface area (Å²) in [6.07, 6.45) is -0.154. The molecule has 1 unspecified atom stereocenters. The minimum absolute atomic E-state index is 0.0328. The number of benzene rings is 2. The van der Waals surface area contributed by atoms with Gasteiger partial charge in [0.1, 0.15) is 17.3 Å². The Bertz CT molecular complexity index is 1220. The fourth-order valence-electron chi connectivity index (χ4n) is 3.90. The van der Waals surface area contributed by atoms with Crippen molar-refractivity contribution in [2.75, 3.05) is 11.9 Å². The number of amides is 2. The van der Waals surface area contributed by atoms with E-state index in [0.717, 1.165) is 22.3 Å². The maximum atomic E-state index is 12.7. The van der Waals surface area contributed by atoms with E-state index in [1.54, 1.807) is 0 Å². The topological polar surface area (TPSA) is 118 Å². The molecule has 1 aromatic heterocycles. The van der Waals surface area contributed by atoms with Crippen LogP contribution in [0.25, 0.3) is 11.1 Å². The molecular formula is C24H19BrClN3O5. The molecule has 0 radical (unpaired) electrons. The molecule has 0 saturated heterocycles. The molecule has 1 aliphatic rings. The standard InChI is InChI=1S/C24H19BrClN3O5/c25-22-19(9-13(26)11-27-22)28-23(32)20(10-21(30)31)29-24(33)34-12-18-16-7-3-1-5-14(16)15-6-2-4-8-17(15)18/h1-9,11,18,20H,10,12H2,(H,28,32)(H,29,33)(H,30,31). The van der Waals surface area contributed by atoms with Crippen LogP contribution in [0.15, 0.2) is 65.4 Å². The fourth-order valence-corrected chi connectivity index (χ4v) is 4.37. The SMILES string of the molecule is O=C(O)CC(NC(=O)OCC1c2ccccc2-c2ccccc21)C(=O)Nc1cc(Cl)cnc1Br. The number of alkyl carbamates (subject to hydrolysis) is 1. The maximum absolute atomic E-state index is 12.7. The molecule has 3 aromatic rings. The average Bonchev–Trinajstić information content (AvgIpc) is 3.13. The van der Waals surface area contributed by atoms with Crippen molar-refractivity contribution in [2.45, 2.75) is 18.4 Å². The number of carbonyl (C=O) groups is 3. The van der Waals surface area contributed by atoms with Crippen LogP contribution in [0, 0.1) is 0 Å². The van der Waals surface area contributed by atoms with Crippen LogP contribution in [0.2, 0.25) is 5.02 Å². The van der Waals surface area contributed by atoms with Crippen LogP contribution in [0.5, 0.6) is 0 Å². The number of nitrogens with one attached hydrogen (secondary N) is 2. The van der Waals surface area contributed by atoms with E-state index in [9.17, 15) is 19.5 Å². The van der Waals surface area contributed by atoms with Gasteiger partial charge in [-0.2, -0.15) is 0 Å². The van der Waals surface area contributed by atoms with E-state index < -0.39 is 30.4 Å². The van der Waals surface area contributed by atoms with E-state index in [4.69, 9.17) is 16.3 Å². The van der Waals surface area contributed by atoms with Crippen molar-refractivity contribution in [3.63, 3.8) is 0 Å². The quantitative estimate of drug-likeness (QED) is 0.367. The summed E-state index contributed by atoms with van der Waals surface area (Å²) in [5, 5.41) is 14.4. The molecule has 1 heterocycles. The monoisotopic (exact) mass is 543 g/mol. The highest BCUT2D eigenvalue weighted by atomic mass is 79.9. The lowest BCUT2D eigenvalue weighted by Crippen LogP contribution is -2.45. The molecule has 0 saturated carbocycles. The van der Waals surface area contributed by atoms with Gasteiger partial charge in [0.2, 0.25) is 5.91 Å². The van der Waals surface area contributed by atoms with Gasteiger partial charge in [-0.05, 0) is 44.3 Å². The van der Waals surface area contributed by atoms with Crippen molar-refractivity contribution in [3.8, 4) is 11.1 Å². The fraction of sp³-hybridized carbons (Fsp3) is 0.167. The number of hydrogen-bond acceptors (Lipinski definition) is 5. The number of aromatic nitrogens is 1. The molecule has 0 bridgehead atoms. The first-order valence-electron chi connectivity index (χ1n) is 10.3. The predicted molar refractivity (Wildman–Crippen MR) is 130 cm³/mol. The van der Waals surface area contributed by atoms with E-state index in [0.29, 0.717) is 4.60 Å². The molecule has 3 N–H and O–H groups in total. The molecule has 34 heavy (non-hydrogen) atoms. The number of halogens is 2. The highest BCUT2D eigenvalue weighted by Crippen LogP contribution is 2.44. The second-order valence-electron chi connectivity index (χ2n) is 7.60. The Hall–Kier alpha value is -3.43. The van der Waals surface area contributed by atoms with Gasteiger partial charge in [0.15, 0.2) is 0 Å². The molecule has 0 aliphatic heterocycles. The Balaban J connectivity index is 1.44.